The maximum atomic E-state index is 7.25. The summed E-state index contributed by atoms with van der Waals surface area (Å²) in [7, 11) is 0.120. The summed E-state index contributed by atoms with van der Waals surface area (Å²) in [5, 5.41) is 0. The van der Waals surface area contributed by atoms with Gasteiger partial charge in [-0.15, -0.1) is 0 Å². The van der Waals surface area contributed by atoms with E-state index in [0.29, 0.717) is 0 Å². The Kier molecular flexibility index (Phi) is 40.6. The zero-order valence-electron chi connectivity index (χ0n) is 12.5. The first-order valence-corrected chi connectivity index (χ1v) is 6.98. The van der Waals surface area contributed by atoms with Gasteiger partial charge in [0, 0.05) is 43.8 Å². The SMILES string of the molecule is C[PH+](C)C.[2H][C@@H]1CC=CC[C@@H]1[2H].[CH3-].[CH3-].[N-]=O.[W]. The Morgan fingerprint density at radius 3 is 1.40 bits per heavy atom. The van der Waals surface area contributed by atoms with Gasteiger partial charge in [-0.1, -0.05) is 12.2 Å². The molecule has 0 spiro atoms. The van der Waals surface area contributed by atoms with Gasteiger partial charge >= 0.3 is 0 Å². The largest absolute Gasteiger partial charge is 0.577 e. The van der Waals surface area contributed by atoms with Gasteiger partial charge in [0.05, 0.1) is 0 Å². The molecule has 0 aliphatic heterocycles. The number of hydrogen-bond acceptors (Lipinski definition) is 1. The van der Waals surface area contributed by atoms with Crippen molar-refractivity contribution >= 4 is 7.92 Å². The first kappa shape index (κ1) is 20.8. The third kappa shape index (κ3) is 53.8. The molecule has 0 fully saturated rings. The molecule has 1 rings (SSSR count). The second kappa shape index (κ2) is 29.3. The molecule has 0 aromatic heterocycles. The van der Waals surface area contributed by atoms with Crippen molar-refractivity contribution in [3.63, 3.8) is 0 Å². The summed E-state index contributed by atoms with van der Waals surface area (Å²) in [6.45, 7) is 6.81. The standard InChI is InChI=1S/C6H10.C3H9P.2CH3.NO.W/c1-2-4-6-5-3-1;1-4(2)3;;;1-2;/h1-2H,3-6H2;1-3H3;2*1H3;;/q;;3*-1;/p+1/i5D,6D;;;;;/t5-,6+;;;;;. The van der Waals surface area contributed by atoms with Crippen LogP contribution in [-0.4, -0.2) is 20.0 Å². The number of nitroso groups, excluding NO2 is 1. The minimum Gasteiger partial charge on any atom is -0.577 e. The van der Waals surface area contributed by atoms with Crippen LogP contribution in [0.2, 0.25) is 0 Å². The number of hydrogen-bond donors (Lipinski definition) is 0. The van der Waals surface area contributed by atoms with E-state index < -0.39 is 0 Å². The fraction of sp³-hybridized carbons (Fsp3) is 0.636. The van der Waals surface area contributed by atoms with Gasteiger partial charge in [0.25, 0.3) is 0 Å². The quantitative estimate of drug-likeness (QED) is 0.334. The summed E-state index contributed by atoms with van der Waals surface area (Å²) in [6, 6.07) is 0. The molecule has 2 nitrogen and oxygen atoms in total. The van der Waals surface area contributed by atoms with Crippen molar-refractivity contribution in [1.82, 2.24) is 0 Å². The molecule has 0 unspecified atom stereocenters. The smallest absolute Gasteiger partial charge is 0.0461 e. The molecule has 0 heterocycles. The Balaban J connectivity index is -0.0000000475. The van der Waals surface area contributed by atoms with Crippen LogP contribution in [0.25, 0.3) is 5.59 Å². The van der Waals surface area contributed by atoms with Crippen LogP contribution in [0, 0.1) is 19.8 Å². The van der Waals surface area contributed by atoms with E-state index in [-0.39, 0.29) is 56.6 Å². The molecule has 4 heteroatoms. The Hall–Kier alpha value is 0.458. The van der Waals surface area contributed by atoms with E-state index in [4.69, 9.17) is 13.2 Å². The van der Waals surface area contributed by atoms with Crippen LogP contribution in [0.1, 0.15) is 28.4 Å². The van der Waals surface area contributed by atoms with Gasteiger partial charge in [-0.3, -0.25) is 0 Å². The maximum absolute atomic E-state index is 7.25. The van der Waals surface area contributed by atoms with Crippen LogP contribution in [0.3, 0.4) is 0 Å². The minimum atomic E-state index is -0.167. The van der Waals surface area contributed by atoms with E-state index in [9.17, 15) is 0 Å². The number of nitrogens with zero attached hydrogens (tertiary/aromatic N) is 1. The number of rotatable bonds is 0. The molecular formula is C11H26NOPW-2. The van der Waals surface area contributed by atoms with Gasteiger partial charge in [-0.05, 0) is 33.6 Å². The molecule has 15 heavy (non-hydrogen) atoms. The summed E-state index contributed by atoms with van der Waals surface area (Å²) in [6.07, 6.45) is 5.19. The zero-order valence-corrected chi connectivity index (χ0v) is 14.4. The van der Waals surface area contributed by atoms with Gasteiger partial charge in [0.2, 0.25) is 0 Å². The first-order chi connectivity index (χ1) is 6.54. The van der Waals surface area contributed by atoms with Crippen molar-refractivity contribution < 1.29 is 23.8 Å². The fourth-order valence-electron chi connectivity index (χ4n) is 0.542. The molecule has 0 bridgehead atoms. The second-order valence-corrected chi connectivity index (χ2v) is 5.91. The molecule has 94 valence electrons. The Bertz CT molecular complexity index is 148. The Morgan fingerprint density at radius 1 is 1.07 bits per heavy atom. The van der Waals surface area contributed by atoms with E-state index in [1.807, 2.05) is 12.2 Å². The molecular weight excluding hydrogens is 377 g/mol. The fourth-order valence-corrected chi connectivity index (χ4v) is 0.542. The topological polar surface area (TPSA) is 39.4 Å². The molecule has 1 aliphatic rings. The van der Waals surface area contributed by atoms with Crippen molar-refractivity contribution in [3.05, 3.63) is 37.5 Å². The van der Waals surface area contributed by atoms with Crippen LogP contribution in [0.15, 0.2) is 12.2 Å². The average Bonchev–Trinajstić information content (AvgIpc) is 2.13. The van der Waals surface area contributed by atoms with Gasteiger partial charge in [0.15, 0.2) is 0 Å². The molecule has 2 atom stereocenters. The Labute approximate surface area is 115 Å². The number of allylic oxidation sites excluding steroid dienone is 2. The molecule has 1 aliphatic carbocycles. The van der Waals surface area contributed by atoms with Gasteiger partial charge < -0.3 is 25.4 Å². The molecule has 0 saturated heterocycles. The van der Waals surface area contributed by atoms with Crippen LogP contribution < -0.4 is 0 Å². The Morgan fingerprint density at radius 2 is 1.27 bits per heavy atom. The zero-order chi connectivity index (χ0) is 11.6. The third-order valence-corrected chi connectivity index (χ3v) is 0.878. The van der Waals surface area contributed by atoms with Crippen molar-refractivity contribution in [3.8, 4) is 0 Å². The average molecular weight is 405 g/mol. The van der Waals surface area contributed by atoms with Crippen LogP contribution >= 0.6 is 7.92 Å². The molecule has 0 amide bonds. The summed E-state index contributed by atoms with van der Waals surface area (Å²) in [4.78, 5) is 7.25. The summed E-state index contributed by atoms with van der Waals surface area (Å²) >= 11 is 0. The summed E-state index contributed by atoms with van der Waals surface area (Å²) in [5.41, 5.74) is 5.75. The predicted octanol–water partition coefficient (Wildman–Crippen LogP) is 4.43. The van der Waals surface area contributed by atoms with E-state index in [0.717, 1.165) is 12.8 Å². The van der Waals surface area contributed by atoms with Crippen molar-refractivity contribution in [2.24, 2.45) is 0 Å². The van der Waals surface area contributed by atoms with Crippen LogP contribution in [0.4, 0.5) is 0 Å². The summed E-state index contributed by atoms with van der Waals surface area (Å²) < 4.78 is 14.5. The normalized spacial score (nSPS) is 22.9. The van der Waals surface area contributed by atoms with E-state index in [2.05, 4.69) is 20.0 Å². The van der Waals surface area contributed by atoms with Crippen molar-refractivity contribution in [1.29, 1.82) is 0 Å². The molecule has 0 aromatic carbocycles. The van der Waals surface area contributed by atoms with Crippen LogP contribution in [0.5, 0.6) is 0 Å². The molecule has 0 saturated carbocycles. The third-order valence-electron chi connectivity index (χ3n) is 0.878. The van der Waals surface area contributed by atoms with Crippen LogP contribution in [-0.2, 0) is 21.1 Å². The predicted molar refractivity (Wildman–Crippen MR) is 73.2 cm³/mol. The molecule has 0 N–H and O–H groups in total. The maximum Gasteiger partial charge on any atom is 0.0461 e. The monoisotopic (exact) mass is 405 g/mol. The first-order valence-electron chi connectivity index (χ1n) is 5.14. The summed E-state index contributed by atoms with van der Waals surface area (Å²) in [5.74, 6) is 0. The van der Waals surface area contributed by atoms with Gasteiger partial charge in [-0.25, -0.2) is 0 Å². The molecule has 0 radical (unpaired) electrons. The minimum absolute atomic E-state index is 0. The van der Waals surface area contributed by atoms with Crippen molar-refractivity contribution in [2.45, 2.75) is 25.6 Å². The van der Waals surface area contributed by atoms with Gasteiger partial charge in [0.1, 0.15) is 0 Å². The van der Waals surface area contributed by atoms with E-state index in [1.165, 1.54) is 0 Å². The van der Waals surface area contributed by atoms with E-state index in [1.54, 1.807) is 0 Å². The molecule has 0 aromatic rings. The second-order valence-electron chi connectivity index (χ2n) is 2.91. The van der Waals surface area contributed by atoms with Gasteiger partial charge in [-0.2, -0.15) is 0 Å². The van der Waals surface area contributed by atoms with E-state index >= 15 is 0 Å². The van der Waals surface area contributed by atoms with Crippen molar-refractivity contribution in [2.75, 3.05) is 20.0 Å².